The number of carbonyl (C=O) groups is 1. The third kappa shape index (κ3) is 5.18. The number of benzene rings is 1. The molecule has 122 valence electrons. The number of nitrogens with one attached hydrogen (secondary N) is 1. The largest absolute Gasteiger partial charge is 0.397 e. The van der Waals surface area contributed by atoms with E-state index in [1.165, 1.54) is 0 Å². The normalized spacial score (nSPS) is 11.3. The molecule has 23 heavy (non-hydrogen) atoms. The molecule has 6 heteroatoms. The van der Waals surface area contributed by atoms with Crippen LogP contribution in [0.5, 0.6) is 0 Å². The molecule has 0 aliphatic rings. The number of carbonyl (C=O) groups excluding carboxylic acids is 1. The summed E-state index contributed by atoms with van der Waals surface area (Å²) in [5.74, 6) is -0.214. The van der Waals surface area contributed by atoms with Crippen molar-refractivity contribution in [2.24, 2.45) is 0 Å². The number of aromatic nitrogens is 1. The monoisotopic (exact) mass is 347 g/mol. The minimum atomic E-state index is -0.214. The predicted octanol–water partition coefficient (Wildman–Crippen LogP) is 4.85. The molecule has 1 aromatic heterocycles. The molecule has 3 N–H and O–H groups in total. The molecule has 0 saturated heterocycles. The van der Waals surface area contributed by atoms with Gasteiger partial charge in [-0.1, -0.05) is 29.9 Å². The van der Waals surface area contributed by atoms with Crippen LogP contribution in [0.1, 0.15) is 37.6 Å². The number of anilines is 2. The van der Waals surface area contributed by atoms with Crippen LogP contribution in [0.25, 0.3) is 0 Å². The maximum Gasteiger partial charge on any atom is 0.257 e. The Labute approximate surface area is 145 Å². The van der Waals surface area contributed by atoms with Gasteiger partial charge in [-0.15, -0.1) is 0 Å². The van der Waals surface area contributed by atoms with E-state index in [1.807, 2.05) is 18.2 Å². The molecular weight excluding hydrogens is 326 g/mol. The highest BCUT2D eigenvalue weighted by atomic mass is 33.1. The van der Waals surface area contributed by atoms with Crippen molar-refractivity contribution in [3.8, 4) is 0 Å². The van der Waals surface area contributed by atoms with Gasteiger partial charge in [0.05, 0.1) is 16.9 Å². The van der Waals surface area contributed by atoms with Crippen LogP contribution in [0.3, 0.4) is 0 Å². The Kier molecular flexibility index (Phi) is 5.96. The fourth-order valence-corrected chi connectivity index (χ4v) is 3.81. The van der Waals surface area contributed by atoms with Crippen LogP contribution >= 0.6 is 21.6 Å². The number of nitrogens with two attached hydrogens (primary N) is 1. The number of para-hydroxylation sites is 2. The standard InChI is InChI=1S/C17H21N3OS2/c1-4-17(2,3)23-22-15-10-9-12(11-19-15)16(21)20-14-8-6-5-7-13(14)18/h5-11H,4,18H2,1-3H3,(H,20,21). The molecule has 0 fully saturated rings. The number of nitrogens with zero attached hydrogens (tertiary/aromatic N) is 1. The number of hydrogen-bond donors (Lipinski definition) is 2. The van der Waals surface area contributed by atoms with Gasteiger partial charge in [-0.05, 0) is 55.3 Å². The first-order valence-corrected chi connectivity index (χ1v) is 9.54. The lowest BCUT2D eigenvalue weighted by molar-refractivity contribution is 0.102. The Hall–Kier alpha value is -1.66. The maximum absolute atomic E-state index is 12.2. The minimum absolute atomic E-state index is 0.202. The summed E-state index contributed by atoms with van der Waals surface area (Å²) in [6.07, 6.45) is 2.68. The van der Waals surface area contributed by atoms with Gasteiger partial charge in [0.15, 0.2) is 0 Å². The predicted molar refractivity (Wildman–Crippen MR) is 101 cm³/mol. The highest BCUT2D eigenvalue weighted by molar-refractivity contribution is 8.77. The molecule has 1 aromatic carbocycles. The van der Waals surface area contributed by atoms with E-state index < -0.39 is 0 Å². The summed E-state index contributed by atoms with van der Waals surface area (Å²) in [5, 5.41) is 3.69. The first kappa shape index (κ1) is 17.7. The SMILES string of the molecule is CCC(C)(C)SSc1ccc(C(=O)Nc2ccccc2N)cn1. The van der Waals surface area contributed by atoms with Gasteiger partial charge in [0.2, 0.25) is 0 Å². The number of pyridine rings is 1. The van der Waals surface area contributed by atoms with Crippen LogP contribution in [-0.4, -0.2) is 15.6 Å². The quantitative estimate of drug-likeness (QED) is 0.578. The van der Waals surface area contributed by atoms with E-state index in [0.717, 1.165) is 11.4 Å². The Morgan fingerprint density at radius 1 is 1.26 bits per heavy atom. The summed E-state index contributed by atoms with van der Waals surface area (Å²) >= 11 is 0. The summed E-state index contributed by atoms with van der Waals surface area (Å²) in [7, 11) is 3.42. The van der Waals surface area contributed by atoms with E-state index in [4.69, 9.17) is 5.73 Å². The van der Waals surface area contributed by atoms with Crippen LogP contribution in [0.15, 0.2) is 47.6 Å². The number of nitrogen functional groups attached to an aromatic ring is 1. The highest BCUT2D eigenvalue weighted by Crippen LogP contribution is 2.41. The van der Waals surface area contributed by atoms with Gasteiger partial charge in [-0.3, -0.25) is 4.79 Å². The van der Waals surface area contributed by atoms with Gasteiger partial charge < -0.3 is 11.1 Å². The zero-order valence-corrected chi connectivity index (χ0v) is 15.1. The maximum atomic E-state index is 12.2. The van der Waals surface area contributed by atoms with Gasteiger partial charge in [-0.2, -0.15) is 0 Å². The summed E-state index contributed by atoms with van der Waals surface area (Å²) in [6, 6.07) is 10.8. The van der Waals surface area contributed by atoms with Crippen LogP contribution in [0.2, 0.25) is 0 Å². The lowest BCUT2D eigenvalue weighted by Gasteiger charge is -2.20. The Bertz CT molecular complexity index is 672. The van der Waals surface area contributed by atoms with Crippen molar-refractivity contribution in [1.82, 2.24) is 4.98 Å². The Morgan fingerprint density at radius 2 is 2.00 bits per heavy atom. The molecule has 0 bridgehead atoms. The average molecular weight is 348 g/mol. The van der Waals surface area contributed by atoms with Crippen molar-refractivity contribution in [2.45, 2.75) is 37.0 Å². The lowest BCUT2D eigenvalue weighted by Crippen LogP contribution is -2.13. The van der Waals surface area contributed by atoms with Crippen LogP contribution in [0.4, 0.5) is 11.4 Å². The molecule has 0 radical (unpaired) electrons. The van der Waals surface area contributed by atoms with Crippen molar-refractivity contribution < 1.29 is 4.79 Å². The summed E-state index contributed by atoms with van der Waals surface area (Å²) in [5.41, 5.74) is 7.49. The molecule has 0 aliphatic heterocycles. The second-order valence-electron chi connectivity index (χ2n) is 5.71. The van der Waals surface area contributed by atoms with Crippen LogP contribution in [0, 0.1) is 0 Å². The van der Waals surface area contributed by atoms with Crippen LogP contribution < -0.4 is 11.1 Å². The van der Waals surface area contributed by atoms with Crippen molar-refractivity contribution in [1.29, 1.82) is 0 Å². The molecule has 2 aromatic rings. The van der Waals surface area contributed by atoms with Gasteiger partial charge in [-0.25, -0.2) is 4.98 Å². The van der Waals surface area contributed by atoms with Crippen LogP contribution in [-0.2, 0) is 0 Å². The van der Waals surface area contributed by atoms with Gasteiger partial charge in [0, 0.05) is 10.9 Å². The van der Waals surface area contributed by atoms with E-state index in [0.29, 0.717) is 16.9 Å². The molecule has 4 nitrogen and oxygen atoms in total. The van der Waals surface area contributed by atoms with E-state index in [1.54, 1.807) is 46.0 Å². The summed E-state index contributed by atoms with van der Waals surface area (Å²) in [6.45, 7) is 6.58. The number of amides is 1. The first-order chi connectivity index (χ1) is 10.9. The topological polar surface area (TPSA) is 68.0 Å². The van der Waals surface area contributed by atoms with Gasteiger partial charge >= 0.3 is 0 Å². The van der Waals surface area contributed by atoms with Crippen molar-refractivity contribution in [3.63, 3.8) is 0 Å². The molecule has 0 atom stereocenters. The zero-order chi connectivity index (χ0) is 16.9. The fourth-order valence-electron chi connectivity index (χ4n) is 1.58. The summed E-state index contributed by atoms with van der Waals surface area (Å²) < 4.78 is 0.202. The van der Waals surface area contributed by atoms with E-state index in [9.17, 15) is 4.79 Å². The highest BCUT2D eigenvalue weighted by Gasteiger charge is 2.17. The number of hydrogen-bond acceptors (Lipinski definition) is 5. The Morgan fingerprint density at radius 3 is 2.61 bits per heavy atom. The second-order valence-corrected chi connectivity index (χ2v) is 8.56. The summed E-state index contributed by atoms with van der Waals surface area (Å²) in [4.78, 5) is 16.6. The molecular formula is C17H21N3OS2. The molecule has 0 aliphatic carbocycles. The zero-order valence-electron chi connectivity index (χ0n) is 13.5. The minimum Gasteiger partial charge on any atom is -0.397 e. The van der Waals surface area contributed by atoms with E-state index >= 15 is 0 Å². The lowest BCUT2D eigenvalue weighted by atomic mass is 10.1. The molecule has 1 amide bonds. The molecule has 2 rings (SSSR count). The third-order valence-corrected chi connectivity index (χ3v) is 6.76. The molecule has 0 unspecified atom stereocenters. The Balaban J connectivity index is 1.99. The van der Waals surface area contributed by atoms with Gasteiger partial charge in [0.25, 0.3) is 5.91 Å². The molecule has 0 saturated carbocycles. The van der Waals surface area contributed by atoms with Gasteiger partial charge in [0.1, 0.15) is 5.03 Å². The second kappa shape index (κ2) is 7.75. The smallest absolute Gasteiger partial charge is 0.257 e. The first-order valence-electron chi connectivity index (χ1n) is 7.39. The van der Waals surface area contributed by atoms with Crippen molar-refractivity contribution in [3.05, 3.63) is 48.2 Å². The average Bonchev–Trinajstić information content (AvgIpc) is 2.55. The molecule has 1 heterocycles. The van der Waals surface area contributed by atoms with E-state index in [-0.39, 0.29) is 10.7 Å². The fraction of sp³-hybridized carbons (Fsp3) is 0.294. The van der Waals surface area contributed by atoms with Crippen molar-refractivity contribution in [2.75, 3.05) is 11.1 Å². The van der Waals surface area contributed by atoms with E-state index in [2.05, 4.69) is 31.1 Å². The molecule has 0 spiro atoms. The third-order valence-electron chi connectivity index (χ3n) is 3.41. The van der Waals surface area contributed by atoms with Crippen molar-refractivity contribution >= 4 is 38.9 Å². The number of rotatable bonds is 6.